The second kappa shape index (κ2) is 6.34. The maximum absolute atomic E-state index is 12.7. The molecule has 2 aromatic rings. The maximum atomic E-state index is 12.7. The molecule has 0 aliphatic carbocycles. The van der Waals surface area contributed by atoms with E-state index >= 15 is 0 Å². The number of alkyl halides is 3. The van der Waals surface area contributed by atoms with Crippen molar-refractivity contribution in [2.24, 2.45) is 0 Å². The topological polar surface area (TPSA) is 24.9 Å². The van der Waals surface area contributed by atoms with Gasteiger partial charge in [-0.25, -0.2) is 4.98 Å². The molecule has 0 spiro atoms. The van der Waals surface area contributed by atoms with Crippen LogP contribution in [0.15, 0.2) is 24.4 Å². The molecule has 1 aromatic carbocycles. The minimum Gasteiger partial charge on any atom is -0.306 e. The van der Waals surface area contributed by atoms with E-state index in [9.17, 15) is 13.2 Å². The normalized spacial score (nSPS) is 13.4. The molecular weight excluding hydrogens is 321 g/mol. The summed E-state index contributed by atoms with van der Waals surface area (Å²) in [6.07, 6.45) is -3.13. The largest absolute Gasteiger partial charge is 0.443 e. The van der Waals surface area contributed by atoms with Gasteiger partial charge in [-0.1, -0.05) is 30.7 Å². The number of nitrogens with zero attached hydrogens (tertiary/aromatic N) is 1. The van der Waals surface area contributed by atoms with Gasteiger partial charge < -0.3 is 5.32 Å². The molecule has 21 heavy (non-hydrogen) atoms. The minimum absolute atomic E-state index is 0.345. The molecular formula is C14H14ClF3N2S. The maximum Gasteiger partial charge on any atom is 0.443 e. The smallest absolute Gasteiger partial charge is 0.306 e. The lowest BCUT2D eigenvalue weighted by Crippen LogP contribution is -2.22. The monoisotopic (exact) mass is 334 g/mol. The zero-order valence-corrected chi connectivity index (χ0v) is 13.0. The number of rotatable bonds is 4. The van der Waals surface area contributed by atoms with Gasteiger partial charge in [0, 0.05) is 16.1 Å². The standard InChI is InChI=1S/C14H14ClF3N2S/c1-3-19-12(9-5-4-6-10(15)8(9)2)11-7-20-13(21-11)14(16,17)18/h4-7,12,19H,3H2,1-2H3. The Morgan fingerprint density at radius 3 is 2.67 bits per heavy atom. The predicted molar refractivity (Wildman–Crippen MR) is 78.8 cm³/mol. The summed E-state index contributed by atoms with van der Waals surface area (Å²) in [6, 6.07) is 5.07. The zero-order valence-electron chi connectivity index (χ0n) is 11.5. The quantitative estimate of drug-likeness (QED) is 0.866. The Kier molecular flexibility index (Phi) is 4.91. The highest BCUT2D eigenvalue weighted by atomic mass is 35.5. The SMILES string of the molecule is CCNC(c1cnc(C(F)(F)F)s1)c1cccc(Cl)c1C. The highest BCUT2D eigenvalue weighted by Gasteiger charge is 2.35. The summed E-state index contributed by atoms with van der Waals surface area (Å²) in [4.78, 5) is 4.01. The third-order valence-electron chi connectivity index (χ3n) is 3.08. The molecule has 0 saturated heterocycles. The fourth-order valence-corrected chi connectivity index (χ4v) is 3.12. The molecule has 1 aromatic heterocycles. The fourth-order valence-electron chi connectivity index (χ4n) is 2.06. The molecule has 1 heterocycles. The molecule has 1 unspecified atom stereocenters. The van der Waals surface area contributed by atoms with Gasteiger partial charge in [0.2, 0.25) is 0 Å². The van der Waals surface area contributed by atoms with Gasteiger partial charge in [0.15, 0.2) is 5.01 Å². The van der Waals surface area contributed by atoms with Gasteiger partial charge in [-0.05, 0) is 30.7 Å². The van der Waals surface area contributed by atoms with E-state index in [1.165, 1.54) is 6.20 Å². The van der Waals surface area contributed by atoms with Crippen LogP contribution in [0.1, 0.15) is 34.0 Å². The lowest BCUT2D eigenvalue weighted by Gasteiger charge is -2.19. The number of thiazole rings is 1. The van der Waals surface area contributed by atoms with E-state index in [1.807, 2.05) is 19.9 Å². The van der Waals surface area contributed by atoms with E-state index in [-0.39, 0.29) is 6.04 Å². The number of nitrogens with one attached hydrogen (secondary N) is 1. The first-order valence-electron chi connectivity index (χ1n) is 6.36. The Bertz CT molecular complexity index is 625. The van der Waals surface area contributed by atoms with Gasteiger partial charge in [-0.15, -0.1) is 11.3 Å². The summed E-state index contributed by atoms with van der Waals surface area (Å²) in [5.41, 5.74) is 1.72. The van der Waals surface area contributed by atoms with Crippen LogP contribution in [0.25, 0.3) is 0 Å². The van der Waals surface area contributed by atoms with Crippen LogP contribution in [0.2, 0.25) is 5.02 Å². The van der Waals surface area contributed by atoms with E-state index in [2.05, 4.69) is 10.3 Å². The second-order valence-corrected chi connectivity index (χ2v) is 5.98. The van der Waals surface area contributed by atoms with Crippen LogP contribution in [0.3, 0.4) is 0 Å². The van der Waals surface area contributed by atoms with Crippen molar-refractivity contribution in [3.05, 3.63) is 50.4 Å². The highest BCUT2D eigenvalue weighted by Crippen LogP contribution is 2.37. The van der Waals surface area contributed by atoms with Crippen LogP contribution < -0.4 is 5.32 Å². The Balaban J connectivity index is 2.44. The predicted octanol–water partition coefficient (Wildman–Crippen LogP) is 4.82. The Morgan fingerprint density at radius 1 is 1.38 bits per heavy atom. The summed E-state index contributed by atoms with van der Waals surface area (Å²) < 4.78 is 38.1. The van der Waals surface area contributed by atoms with Crippen molar-refractivity contribution in [3.8, 4) is 0 Å². The molecule has 2 nitrogen and oxygen atoms in total. The van der Waals surface area contributed by atoms with Crippen molar-refractivity contribution in [1.29, 1.82) is 0 Å². The van der Waals surface area contributed by atoms with Crippen LogP contribution >= 0.6 is 22.9 Å². The number of halogens is 4. The van der Waals surface area contributed by atoms with Crippen molar-refractivity contribution in [1.82, 2.24) is 10.3 Å². The molecule has 7 heteroatoms. The van der Waals surface area contributed by atoms with Crippen LogP contribution in [0.4, 0.5) is 13.2 Å². The average molecular weight is 335 g/mol. The molecule has 0 bridgehead atoms. The van der Waals surface area contributed by atoms with E-state index in [0.717, 1.165) is 11.1 Å². The van der Waals surface area contributed by atoms with Crippen molar-refractivity contribution < 1.29 is 13.2 Å². The lowest BCUT2D eigenvalue weighted by molar-refractivity contribution is -0.137. The van der Waals surface area contributed by atoms with Crippen LogP contribution in [-0.2, 0) is 6.18 Å². The van der Waals surface area contributed by atoms with Crippen LogP contribution in [-0.4, -0.2) is 11.5 Å². The first-order chi connectivity index (χ1) is 9.84. The third kappa shape index (κ3) is 3.56. The van der Waals surface area contributed by atoms with E-state index in [1.54, 1.807) is 12.1 Å². The van der Waals surface area contributed by atoms with Crippen molar-refractivity contribution in [2.45, 2.75) is 26.1 Å². The molecule has 0 aliphatic rings. The molecule has 114 valence electrons. The molecule has 0 fully saturated rings. The number of hydrogen-bond acceptors (Lipinski definition) is 3. The molecule has 0 saturated carbocycles. The summed E-state index contributed by atoms with van der Waals surface area (Å²) >= 11 is 6.76. The van der Waals surface area contributed by atoms with Crippen LogP contribution in [0, 0.1) is 6.92 Å². The number of aromatic nitrogens is 1. The molecule has 0 aliphatic heterocycles. The minimum atomic E-state index is -4.41. The number of hydrogen-bond donors (Lipinski definition) is 1. The van der Waals surface area contributed by atoms with Crippen molar-refractivity contribution in [3.63, 3.8) is 0 Å². The van der Waals surface area contributed by atoms with Crippen LogP contribution in [0.5, 0.6) is 0 Å². The van der Waals surface area contributed by atoms with E-state index < -0.39 is 11.2 Å². The van der Waals surface area contributed by atoms with Crippen molar-refractivity contribution >= 4 is 22.9 Å². The molecule has 0 radical (unpaired) electrons. The van der Waals surface area contributed by atoms with Gasteiger partial charge in [-0.2, -0.15) is 13.2 Å². The molecule has 2 rings (SSSR count). The Morgan fingerprint density at radius 2 is 2.10 bits per heavy atom. The first kappa shape index (κ1) is 16.3. The second-order valence-electron chi connectivity index (χ2n) is 4.51. The summed E-state index contributed by atoms with van der Waals surface area (Å²) in [5, 5.41) is 2.95. The summed E-state index contributed by atoms with van der Waals surface area (Å²) in [7, 11) is 0. The lowest BCUT2D eigenvalue weighted by atomic mass is 10.0. The highest BCUT2D eigenvalue weighted by molar-refractivity contribution is 7.11. The Hall–Kier alpha value is -1.11. The molecule has 0 amide bonds. The summed E-state index contributed by atoms with van der Waals surface area (Å²) in [6.45, 7) is 4.38. The van der Waals surface area contributed by atoms with Gasteiger partial charge in [0.25, 0.3) is 0 Å². The number of benzene rings is 1. The Labute approximate surface area is 130 Å². The zero-order chi connectivity index (χ0) is 15.6. The van der Waals surface area contributed by atoms with Gasteiger partial charge in [0.1, 0.15) is 0 Å². The first-order valence-corrected chi connectivity index (χ1v) is 7.55. The van der Waals surface area contributed by atoms with Crippen molar-refractivity contribution in [2.75, 3.05) is 6.54 Å². The molecule has 1 N–H and O–H groups in total. The fraction of sp³-hybridized carbons (Fsp3) is 0.357. The van der Waals surface area contributed by atoms with Gasteiger partial charge in [-0.3, -0.25) is 0 Å². The van der Waals surface area contributed by atoms with E-state index in [4.69, 9.17) is 11.6 Å². The summed E-state index contributed by atoms with van der Waals surface area (Å²) in [5.74, 6) is 0. The average Bonchev–Trinajstić information content (AvgIpc) is 2.89. The third-order valence-corrected chi connectivity index (χ3v) is 4.60. The van der Waals surface area contributed by atoms with Gasteiger partial charge >= 0.3 is 6.18 Å². The van der Waals surface area contributed by atoms with E-state index in [0.29, 0.717) is 27.8 Å². The molecule has 1 atom stereocenters. The van der Waals surface area contributed by atoms with Gasteiger partial charge in [0.05, 0.1) is 6.04 Å².